The van der Waals surface area contributed by atoms with Crippen molar-refractivity contribution < 1.29 is 9.18 Å². The van der Waals surface area contributed by atoms with Crippen molar-refractivity contribution in [2.75, 3.05) is 0 Å². The first kappa shape index (κ1) is 13.0. The molecule has 0 aliphatic heterocycles. The Balaban J connectivity index is 1.97. The second kappa shape index (κ2) is 5.94. The average Bonchev–Trinajstić information content (AvgIpc) is 2.55. The monoisotopic (exact) mass is 250 g/mol. The maximum absolute atomic E-state index is 13.4. The van der Waals surface area contributed by atoms with E-state index in [9.17, 15) is 9.18 Å². The van der Waals surface area contributed by atoms with Gasteiger partial charge in [-0.2, -0.15) is 0 Å². The van der Waals surface area contributed by atoms with Crippen LogP contribution in [0.5, 0.6) is 0 Å². The smallest absolute Gasteiger partial charge is 0.254 e. The lowest BCUT2D eigenvalue weighted by atomic mass is 10.0. The van der Waals surface area contributed by atoms with Gasteiger partial charge in [0, 0.05) is 12.2 Å². The van der Waals surface area contributed by atoms with Gasteiger partial charge in [-0.05, 0) is 31.2 Å². The Morgan fingerprint density at radius 3 is 3.00 bits per heavy atom. The predicted octanol–water partition coefficient (Wildman–Crippen LogP) is 2.92. The van der Waals surface area contributed by atoms with Gasteiger partial charge in [0.25, 0.3) is 5.91 Å². The molecule has 1 aliphatic carbocycles. The lowest BCUT2D eigenvalue weighted by Gasteiger charge is -2.16. The van der Waals surface area contributed by atoms with Crippen molar-refractivity contribution in [1.29, 1.82) is 0 Å². The standard InChI is InChI=1S/C14H19FN2O/c1-10-3-2-4-11(6-5-10)17-14(18)12-7-8-16-9-13(12)15/h7-11H,2-6H2,1H3,(H,17,18). The fourth-order valence-corrected chi connectivity index (χ4v) is 2.45. The van der Waals surface area contributed by atoms with E-state index in [1.807, 2.05) is 0 Å². The number of hydrogen-bond acceptors (Lipinski definition) is 2. The van der Waals surface area contributed by atoms with Gasteiger partial charge in [-0.15, -0.1) is 0 Å². The zero-order chi connectivity index (χ0) is 13.0. The summed E-state index contributed by atoms with van der Waals surface area (Å²) in [6.07, 6.45) is 7.96. The second-order valence-electron chi connectivity index (χ2n) is 5.14. The van der Waals surface area contributed by atoms with Gasteiger partial charge in [-0.3, -0.25) is 9.78 Å². The molecule has 2 rings (SSSR count). The predicted molar refractivity (Wildman–Crippen MR) is 67.7 cm³/mol. The van der Waals surface area contributed by atoms with Crippen LogP contribution in [0.4, 0.5) is 4.39 Å². The zero-order valence-corrected chi connectivity index (χ0v) is 10.7. The molecule has 1 N–H and O–H groups in total. The first-order valence-corrected chi connectivity index (χ1v) is 6.57. The van der Waals surface area contributed by atoms with Crippen molar-refractivity contribution in [2.45, 2.75) is 45.1 Å². The molecular formula is C14H19FN2O. The molecule has 1 saturated carbocycles. The van der Waals surface area contributed by atoms with Crippen molar-refractivity contribution in [3.8, 4) is 0 Å². The molecule has 1 fully saturated rings. The Labute approximate surface area is 107 Å². The summed E-state index contributed by atoms with van der Waals surface area (Å²) < 4.78 is 13.4. The highest BCUT2D eigenvalue weighted by Crippen LogP contribution is 2.22. The molecule has 98 valence electrons. The van der Waals surface area contributed by atoms with Crippen LogP contribution in [0.25, 0.3) is 0 Å². The molecule has 4 heteroatoms. The number of amides is 1. The van der Waals surface area contributed by atoms with E-state index in [1.165, 1.54) is 18.7 Å². The Morgan fingerprint density at radius 2 is 2.22 bits per heavy atom. The summed E-state index contributed by atoms with van der Waals surface area (Å²) in [5.74, 6) is -0.156. The quantitative estimate of drug-likeness (QED) is 0.820. The summed E-state index contributed by atoms with van der Waals surface area (Å²) in [6.45, 7) is 2.24. The molecule has 0 radical (unpaired) electrons. The van der Waals surface area contributed by atoms with Crippen LogP contribution in [0, 0.1) is 11.7 Å². The summed E-state index contributed by atoms with van der Waals surface area (Å²) in [5.41, 5.74) is 0.0855. The summed E-state index contributed by atoms with van der Waals surface area (Å²) in [4.78, 5) is 15.6. The summed E-state index contributed by atoms with van der Waals surface area (Å²) in [5, 5.41) is 2.93. The molecule has 1 aliphatic rings. The summed E-state index contributed by atoms with van der Waals surface area (Å²) >= 11 is 0. The third kappa shape index (κ3) is 3.28. The number of carbonyl (C=O) groups is 1. The van der Waals surface area contributed by atoms with Crippen LogP contribution in [0.15, 0.2) is 18.5 Å². The minimum absolute atomic E-state index is 0.0855. The lowest BCUT2D eigenvalue weighted by Crippen LogP contribution is -2.35. The van der Waals surface area contributed by atoms with Gasteiger partial charge in [-0.25, -0.2) is 4.39 Å². The van der Waals surface area contributed by atoms with E-state index in [4.69, 9.17) is 0 Å². The van der Waals surface area contributed by atoms with E-state index in [1.54, 1.807) is 0 Å². The molecule has 1 heterocycles. The van der Waals surface area contributed by atoms with Crippen LogP contribution < -0.4 is 5.32 Å². The maximum Gasteiger partial charge on any atom is 0.254 e. The Bertz CT molecular complexity index is 422. The van der Waals surface area contributed by atoms with Gasteiger partial charge in [0.1, 0.15) is 0 Å². The first-order valence-electron chi connectivity index (χ1n) is 6.57. The van der Waals surface area contributed by atoms with Gasteiger partial charge in [0.15, 0.2) is 5.82 Å². The van der Waals surface area contributed by atoms with Gasteiger partial charge < -0.3 is 5.32 Å². The number of carbonyl (C=O) groups excluding carboxylic acids is 1. The number of nitrogens with one attached hydrogen (secondary N) is 1. The van der Waals surface area contributed by atoms with E-state index in [0.29, 0.717) is 0 Å². The molecule has 0 bridgehead atoms. The molecule has 18 heavy (non-hydrogen) atoms. The number of aromatic nitrogens is 1. The third-order valence-corrected chi connectivity index (χ3v) is 3.61. The summed E-state index contributed by atoms with van der Waals surface area (Å²) in [7, 11) is 0. The fraction of sp³-hybridized carbons (Fsp3) is 0.571. The van der Waals surface area contributed by atoms with Gasteiger partial charge >= 0.3 is 0 Å². The topological polar surface area (TPSA) is 42.0 Å². The average molecular weight is 250 g/mol. The van der Waals surface area contributed by atoms with Gasteiger partial charge in [-0.1, -0.05) is 19.8 Å². The van der Waals surface area contributed by atoms with Gasteiger partial charge in [0.2, 0.25) is 0 Å². The van der Waals surface area contributed by atoms with E-state index in [0.717, 1.165) is 37.8 Å². The normalized spacial score (nSPS) is 24.3. The number of rotatable bonds is 2. The van der Waals surface area contributed by atoms with E-state index in [2.05, 4.69) is 17.2 Å². The lowest BCUT2D eigenvalue weighted by molar-refractivity contribution is 0.0929. The van der Waals surface area contributed by atoms with Crippen molar-refractivity contribution >= 4 is 5.91 Å². The number of hydrogen-bond donors (Lipinski definition) is 1. The van der Waals surface area contributed by atoms with E-state index in [-0.39, 0.29) is 17.5 Å². The SMILES string of the molecule is CC1CCCC(NC(=O)c2ccncc2F)CC1. The minimum Gasteiger partial charge on any atom is -0.349 e. The van der Waals surface area contributed by atoms with Crippen LogP contribution in [-0.2, 0) is 0 Å². The van der Waals surface area contributed by atoms with Crippen molar-refractivity contribution in [3.63, 3.8) is 0 Å². The van der Waals surface area contributed by atoms with Crippen molar-refractivity contribution in [3.05, 3.63) is 29.8 Å². The molecule has 0 spiro atoms. The fourth-order valence-electron chi connectivity index (χ4n) is 2.45. The minimum atomic E-state index is -0.558. The highest BCUT2D eigenvalue weighted by atomic mass is 19.1. The van der Waals surface area contributed by atoms with E-state index < -0.39 is 5.82 Å². The zero-order valence-electron chi connectivity index (χ0n) is 10.7. The van der Waals surface area contributed by atoms with Crippen LogP contribution >= 0.6 is 0 Å². The number of halogens is 1. The Kier molecular flexibility index (Phi) is 4.28. The summed E-state index contributed by atoms with van der Waals surface area (Å²) in [6, 6.07) is 1.60. The number of nitrogens with zero attached hydrogens (tertiary/aromatic N) is 1. The molecular weight excluding hydrogens is 231 g/mol. The molecule has 0 saturated heterocycles. The van der Waals surface area contributed by atoms with Crippen LogP contribution in [0.3, 0.4) is 0 Å². The molecule has 3 nitrogen and oxygen atoms in total. The third-order valence-electron chi connectivity index (χ3n) is 3.61. The van der Waals surface area contributed by atoms with E-state index >= 15 is 0 Å². The van der Waals surface area contributed by atoms with Crippen molar-refractivity contribution in [1.82, 2.24) is 10.3 Å². The number of pyridine rings is 1. The second-order valence-corrected chi connectivity index (χ2v) is 5.14. The van der Waals surface area contributed by atoms with Crippen molar-refractivity contribution in [2.24, 2.45) is 5.92 Å². The first-order chi connectivity index (χ1) is 8.66. The Morgan fingerprint density at radius 1 is 1.39 bits per heavy atom. The molecule has 1 aromatic rings. The van der Waals surface area contributed by atoms with Crippen LogP contribution in [-0.4, -0.2) is 16.9 Å². The maximum atomic E-state index is 13.4. The molecule has 2 atom stereocenters. The van der Waals surface area contributed by atoms with Gasteiger partial charge in [0.05, 0.1) is 11.8 Å². The van der Waals surface area contributed by atoms with Crippen LogP contribution in [0.2, 0.25) is 0 Å². The molecule has 0 aromatic carbocycles. The molecule has 2 unspecified atom stereocenters. The highest BCUT2D eigenvalue weighted by Gasteiger charge is 2.19. The Hall–Kier alpha value is -1.45. The highest BCUT2D eigenvalue weighted by molar-refractivity contribution is 5.94. The largest absolute Gasteiger partial charge is 0.349 e. The van der Waals surface area contributed by atoms with Crippen LogP contribution in [0.1, 0.15) is 49.4 Å². The molecule has 1 aromatic heterocycles. The molecule has 1 amide bonds.